The van der Waals surface area contributed by atoms with Gasteiger partial charge in [0.2, 0.25) is 0 Å². The van der Waals surface area contributed by atoms with E-state index < -0.39 is 4.92 Å². The number of hydrogen-bond acceptors (Lipinski definition) is 5. The van der Waals surface area contributed by atoms with E-state index in [0.717, 1.165) is 4.47 Å². The minimum Gasteiger partial charge on any atom is -0.507 e. The number of phenolic OH excluding ortho intramolecular Hbond substituents is 1. The minimum absolute atomic E-state index is 0.0177. The molecule has 0 amide bonds. The zero-order valence-electron chi connectivity index (χ0n) is 10.2. The molecule has 2 aromatic carbocycles. The predicted molar refractivity (Wildman–Crippen MR) is 80.1 cm³/mol. The molecule has 2 N–H and O–H groups in total. The molecule has 6 nitrogen and oxygen atoms in total. The Morgan fingerprint density at radius 2 is 1.95 bits per heavy atom. The molecule has 0 aliphatic heterocycles. The van der Waals surface area contributed by atoms with Crippen molar-refractivity contribution in [1.29, 1.82) is 0 Å². The topological polar surface area (TPSA) is 87.8 Å². The number of hydrazone groups is 1. The molecule has 0 heterocycles. The second kappa shape index (κ2) is 6.16. The maximum atomic E-state index is 10.5. The van der Waals surface area contributed by atoms with Crippen LogP contribution in [0.2, 0.25) is 0 Å². The van der Waals surface area contributed by atoms with Gasteiger partial charge >= 0.3 is 0 Å². The summed E-state index contributed by atoms with van der Waals surface area (Å²) in [5, 5.41) is 24.1. The molecule has 2 aromatic rings. The third kappa shape index (κ3) is 3.55. The van der Waals surface area contributed by atoms with E-state index in [1.807, 2.05) is 0 Å². The number of hydrogen-bond donors (Lipinski definition) is 2. The van der Waals surface area contributed by atoms with Crippen molar-refractivity contribution in [3.8, 4) is 5.75 Å². The number of aromatic hydroxyl groups is 1. The van der Waals surface area contributed by atoms with Crippen LogP contribution < -0.4 is 5.43 Å². The standard InChI is InChI=1S/C13H10BrN3O3/c14-10-1-6-13(18)9(7-10)8-15-16-11-2-4-12(5-3-11)17(19)20/h1-8,16,18H/b15-8+. The summed E-state index contributed by atoms with van der Waals surface area (Å²) in [6.45, 7) is 0. The Hall–Kier alpha value is -2.41. The van der Waals surface area contributed by atoms with Gasteiger partial charge in [-0.2, -0.15) is 5.10 Å². The molecule has 20 heavy (non-hydrogen) atoms. The molecule has 0 unspecified atom stereocenters. The van der Waals surface area contributed by atoms with E-state index in [-0.39, 0.29) is 11.4 Å². The quantitative estimate of drug-likeness (QED) is 0.508. The van der Waals surface area contributed by atoms with Crippen molar-refractivity contribution in [2.75, 3.05) is 5.43 Å². The molecule has 0 atom stereocenters. The lowest BCUT2D eigenvalue weighted by atomic mass is 10.2. The molecule has 2 rings (SSSR count). The largest absolute Gasteiger partial charge is 0.507 e. The fourth-order valence-electron chi connectivity index (χ4n) is 1.46. The first kappa shape index (κ1) is 14.0. The van der Waals surface area contributed by atoms with Crippen LogP contribution >= 0.6 is 15.9 Å². The third-order valence-corrected chi connectivity index (χ3v) is 2.96. The van der Waals surface area contributed by atoms with Crippen molar-refractivity contribution in [2.24, 2.45) is 5.10 Å². The zero-order valence-corrected chi connectivity index (χ0v) is 11.7. The van der Waals surface area contributed by atoms with Gasteiger partial charge in [-0.25, -0.2) is 0 Å². The van der Waals surface area contributed by atoms with Gasteiger partial charge in [0, 0.05) is 22.2 Å². The maximum Gasteiger partial charge on any atom is 0.269 e. The monoisotopic (exact) mass is 335 g/mol. The number of benzene rings is 2. The van der Waals surface area contributed by atoms with E-state index in [2.05, 4.69) is 26.5 Å². The van der Waals surface area contributed by atoms with E-state index in [1.54, 1.807) is 30.3 Å². The number of anilines is 1. The van der Waals surface area contributed by atoms with Crippen molar-refractivity contribution >= 4 is 33.5 Å². The van der Waals surface area contributed by atoms with Gasteiger partial charge in [-0.15, -0.1) is 0 Å². The number of nitro benzene ring substituents is 1. The highest BCUT2D eigenvalue weighted by atomic mass is 79.9. The zero-order chi connectivity index (χ0) is 14.5. The first-order valence-corrected chi connectivity index (χ1v) is 6.37. The summed E-state index contributed by atoms with van der Waals surface area (Å²) < 4.78 is 0.826. The molecule has 0 spiro atoms. The van der Waals surface area contributed by atoms with Gasteiger partial charge in [0.05, 0.1) is 16.8 Å². The van der Waals surface area contributed by atoms with Crippen LogP contribution in [-0.4, -0.2) is 16.2 Å². The Kier molecular flexibility index (Phi) is 4.31. The average molecular weight is 336 g/mol. The van der Waals surface area contributed by atoms with Crippen LogP contribution in [0.15, 0.2) is 52.0 Å². The number of non-ortho nitro benzene ring substituents is 1. The van der Waals surface area contributed by atoms with Gasteiger partial charge in [-0.1, -0.05) is 15.9 Å². The molecule has 0 saturated heterocycles. The molecule has 0 aromatic heterocycles. The smallest absolute Gasteiger partial charge is 0.269 e. The molecule has 0 bridgehead atoms. The Morgan fingerprint density at radius 1 is 1.25 bits per heavy atom. The van der Waals surface area contributed by atoms with Crippen molar-refractivity contribution in [1.82, 2.24) is 0 Å². The van der Waals surface area contributed by atoms with Crippen molar-refractivity contribution in [2.45, 2.75) is 0 Å². The maximum absolute atomic E-state index is 10.5. The summed E-state index contributed by atoms with van der Waals surface area (Å²) in [7, 11) is 0. The number of rotatable bonds is 4. The van der Waals surface area contributed by atoms with Crippen molar-refractivity contribution in [3.05, 3.63) is 62.6 Å². The van der Waals surface area contributed by atoms with Gasteiger partial charge in [-0.05, 0) is 30.3 Å². The lowest BCUT2D eigenvalue weighted by Gasteiger charge is -2.01. The van der Waals surface area contributed by atoms with Gasteiger partial charge in [0.15, 0.2) is 0 Å². The number of nitrogens with zero attached hydrogens (tertiary/aromatic N) is 2. The summed E-state index contributed by atoms with van der Waals surface area (Å²) in [5.41, 5.74) is 3.91. The Bertz CT molecular complexity index is 656. The highest BCUT2D eigenvalue weighted by Crippen LogP contribution is 2.20. The molecule has 7 heteroatoms. The molecule has 0 saturated carbocycles. The normalized spacial score (nSPS) is 10.7. The van der Waals surface area contributed by atoms with E-state index in [1.165, 1.54) is 18.3 Å². The third-order valence-electron chi connectivity index (χ3n) is 2.46. The number of nitrogens with one attached hydrogen (secondary N) is 1. The molecule has 102 valence electrons. The molecule has 0 aliphatic carbocycles. The molecule has 0 radical (unpaired) electrons. The fraction of sp³-hybridized carbons (Fsp3) is 0. The summed E-state index contributed by atoms with van der Waals surface area (Å²) >= 11 is 3.30. The second-order valence-electron chi connectivity index (χ2n) is 3.88. The van der Waals surface area contributed by atoms with Crippen LogP contribution in [-0.2, 0) is 0 Å². The number of nitro groups is 1. The Labute approximate surface area is 123 Å². The van der Waals surface area contributed by atoms with E-state index in [0.29, 0.717) is 11.3 Å². The van der Waals surface area contributed by atoms with Gasteiger partial charge in [0.1, 0.15) is 5.75 Å². The van der Waals surface area contributed by atoms with Gasteiger partial charge in [0.25, 0.3) is 5.69 Å². The molecule has 0 aliphatic rings. The molecule has 0 fully saturated rings. The SMILES string of the molecule is O=[N+]([O-])c1ccc(N/N=C/c2cc(Br)ccc2O)cc1. The Morgan fingerprint density at radius 3 is 2.60 bits per heavy atom. The lowest BCUT2D eigenvalue weighted by Crippen LogP contribution is -1.92. The second-order valence-corrected chi connectivity index (χ2v) is 4.79. The average Bonchev–Trinajstić information content (AvgIpc) is 2.43. The summed E-state index contributed by atoms with van der Waals surface area (Å²) in [6, 6.07) is 10.9. The number of halogens is 1. The van der Waals surface area contributed by atoms with Gasteiger partial charge < -0.3 is 5.11 Å². The van der Waals surface area contributed by atoms with E-state index in [4.69, 9.17) is 0 Å². The first-order chi connectivity index (χ1) is 9.56. The van der Waals surface area contributed by atoms with Crippen molar-refractivity contribution < 1.29 is 10.0 Å². The predicted octanol–water partition coefficient (Wildman–Crippen LogP) is 3.51. The van der Waals surface area contributed by atoms with Crippen LogP contribution in [0, 0.1) is 10.1 Å². The lowest BCUT2D eigenvalue weighted by molar-refractivity contribution is -0.384. The van der Waals surface area contributed by atoms with Crippen LogP contribution in [0.5, 0.6) is 5.75 Å². The highest BCUT2D eigenvalue weighted by molar-refractivity contribution is 9.10. The van der Waals surface area contributed by atoms with Crippen LogP contribution in [0.4, 0.5) is 11.4 Å². The van der Waals surface area contributed by atoms with E-state index in [9.17, 15) is 15.2 Å². The minimum atomic E-state index is -0.466. The summed E-state index contributed by atoms with van der Waals surface area (Å²) in [5.74, 6) is 0.113. The van der Waals surface area contributed by atoms with Crippen LogP contribution in [0.3, 0.4) is 0 Å². The van der Waals surface area contributed by atoms with Crippen LogP contribution in [0.25, 0.3) is 0 Å². The van der Waals surface area contributed by atoms with E-state index >= 15 is 0 Å². The molecular weight excluding hydrogens is 326 g/mol. The first-order valence-electron chi connectivity index (χ1n) is 5.58. The van der Waals surface area contributed by atoms with Crippen LogP contribution in [0.1, 0.15) is 5.56 Å². The fourth-order valence-corrected chi connectivity index (χ4v) is 1.84. The number of phenols is 1. The van der Waals surface area contributed by atoms with Gasteiger partial charge in [-0.3, -0.25) is 15.5 Å². The summed E-state index contributed by atoms with van der Waals surface area (Å²) in [6.07, 6.45) is 1.46. The summed E-state index contributed by atoms with van der Waals surface area (Å²) in [4.78, 5) is 10.0. The van der Waals surface area contributed by atoms with Crippen molar-refractivity contribution in [3.63, 3.8) is 0 Å². The molecular formula is C13H10BrN3O3. The highest BCUT2D eigenvalue weighted by Gasteiger charge is 2.03. The Balaban J connectivity index is 2.06.